The van der Waals surface area contributed by atoms with E-state index in [0.29, 0.717) is 10.8 Å². The van der Waals surface area contributed by atoms with Gasteiger partial charge in [-0.25, -0.2) is 4.79 Å². The fourth-order valence-corrected chi connectivity index (χ4v) is 1.64. The van der Waals surface area contributed by atoms with Gasteiger partial charge in [0.1, 0.15) is 12.4 Å². The third-order valence-corrected chi connectivity index (χ3v) is 2.32. The highest BCUT2D eigenvalue weighted by molar-refractivity contribution is 9.10. The van der Waals surface area contributed by atoms with Gasteiger partial charge in [-0.15, -0.1) is 0 Å². The topological polar surface area (TPSA) is 58.6 Å². The van der Waals surface area contributed by atoms with Crippen molar-refractivity contribution in [3.05, 3.63) is 27.7 Å². The van der Waals surface area contributed by atoms with E-state index in [4.69, 9.17) is 21.4 Å². The number of nitrogens with one attached hydrogen (secondary N) is 1. The normalized spacial score (nSPS) is 9.73. The highest BCUT2D eigenvalue weighted by atomic mass is 79.9. The Morgan fingerprint density at radius 2 is 2.33 bits per heavy atom. The van der Waals surface area contributed by atoms with E-state index in [1.54, 1.807) is 18.2 Å². The van der Waals surface area contributed by atoms with Gasteiger partial charge in [-0.3, -0.25) is 0 Å². The maximum Gasteiger partial charge on any atom is 0.404 e. The van der Waals surface area contributed by atoms with Gasteiger partial charge in [0.15, 0.2) is 0 Å². The average Bonchev–Trinajstić information content (AvgIpc) is 2.14. The van der Waals surface area contributed by atoms with Gasteiger partial charge in [-0.05, 0) is 18.2 Å². The molecule has 4 nitrogen and oxygen atoms in total. The van der Waals surface area contributed by atoms with Crippen LogP contribution in [0, 0.1) is 0 Å². The molecule has 1 aromatic carbocycles. The number of ether oxygens (including phenoxy) is 1. The molecule has 0 saturated carbocycles. The second kappa shape index (κ2) is 5.82. The molecule has 0 aliphatic rings. The number of benzene rings is 1. The minimum absolute atomic E-state index is 0.224. The van der Waals surface area contributed by atoms with E-state index in [1.165, 1.54) is 0 Å². The third-order valence-electron chi connectivity index (χ3n) is 1.53. The Bertz CT molecular complexity index is 359. The summed E-state index contributed by atoms with van der Waals surface area (Å²) in [4.78, 5) is 10.1. The zero-order valence-corrected chi connectivity index (χ0v) is 10.0. The summed E-state index contributed by atoms with van der Waals surface area (Å²) in [6, 6.07) is 5.22. The minimum Gasteiger partial charge on any atom is -0.490 e. The average molecular weight is 295 g/mol. The second-order valence-corrected chi connectivity index (χ2v) is 3.98. The zero-order valence-electron chi connectivity index (χ0n) is 7.67. The van der Waals surface area contributed by atoms with Crippen LogP contribution in [0.2, 0.25) is 5.02 Å². The second-order valence-electron chi connectivity index (χ2n) is 2.66. The van der Waals surface area contributed by atoms with E-state index in [1.807, 2.05) is 0 Å². The smallest absolute Gasteiger partial charge is 0.404 e. The van der Waals surface area contributed by atoms with Gasteiger partial charge < -0.3 is 15.2 Å². The molecule has 0 unspecified atom stereocenters. The number of carbonyl (C=O) groups is 1. The van der Waals surface area contributed by atoms with Crippen LogP contribution in [0.1, 0.15) is 0 Å². The van der Waals surface area contributed by atoms with Crippen LogP contribution in [0.3, 0.4) is 0 Å². The van der Waals surface area contributed by atoms with E-state index in [0.717, 1.165) is 4.47 Å². The standard InChI is InChI=1S/C9H9BrClNO3/c10-6-1-2-8(7(11)5-6)15-4-3-12-9(13)14/h1-2,5,12H,3-4H2,(H,13,14). The van der Waals surface area contributed by atoms with Crippen molar-refractivity contribution in [2.24, 2.45) is 0 Å². The highest BCUT2D eigenvalue weighted by Gasteiger charge is 2.01. The summed E-state index contributed by atoms with van der Waals surface area (Å²) in [6.07, 6.45) is -1.07. The monoisotopic (exact) mass is 293 g/mol. The van der Waals surface area contributed by atoms with Gasteiger partial charge in [-0.2, -0.15) is 0 Å². The first-order valence-corrected chi connectivity index (χ1v) is 5.31. The summed E-state index contributed by atoms with van der Waals surface area (Å²) >= 11 is 9.15. The predicted octanol–water partition coefficient (Wildman–Crippen LogP) is 2.75. The van der Waals surface area contributed by atoms with E-state index in [2.05, 4.69) is 21.2 Å². The van der Waals surface area contributed by atoms with E-state index < -0.39 is 6.09 Å². The first kappa shape index (κ1) is 12.1. The predicted molar refractivity (Wildman–Crippen MR) is 60.7 cm³/mol. The summed E-state index contributed by atoms with van der Waals surface area (Å²) in [7, 11) is 0. The quantitative estimate of drug-likeness (QED) is 0.840. The lowest BCUT2D eigenvalue weighted by Crippen LogP contribution is -2.26. The number of amides is 1. The van der Waals surface area contributed by atoms with Gasteiger partial charge in [0, 0.05) is 4.47 Å². The number of hydrogen-bond acceptors (Lipinski definition) is 2. The molecule has 0 spiro atoms. The van der Waals surface area contributed by atoms with E-state index >= 15 is 0 Å². The SMILES string of the molecule is O=C(O)NCCOc1ccc(Br)cc1Cl. The van der Waals surface area contributed by atoms with Crippen molar-refractivity contribution in [3.8, 4) is 5.75 Å². The fourth-order valence-electron chi connectivity index (χ4n) is 0.911. The van der Waals surface area contributed by atoms with Crippen LogP contribution >= 0.6 is 27.5 Å². The molecule has 0 atom stereocenters. The Hall–Kier alpha value is -0.940. The largest absolute Gasteiger partial charge is 0.490 e. The molecule has 0 aromatic heterocycles. The number of carboxylic acid groups (broad SMARTS) is 1. The Morgan fingerprint density at radius 1 is 1.60 bits per heavy atom. The van der Waals surface area contributed by atoms with E-state index in [-0.39, 0.29) is 13.2 Å². The zero-order chi connectivity index (χ0) is 11.3. The molecule has 0 saturated heterocycles. The molecule has 0 heterocycles. The summed E-state index contributed by atoms with van der Waals surface area (Å²) in [5, 5.41) is 11.0. The van der Waals surface area contributed by atoms with Crippen molar-refractivity contribution in [1.82, 2.24) is 5.32 Å². The maximum atomic E-state index is 10.1. The summed E-state index contributed by atoms with van der Waals surface area (Å²) in [5.41, 5.74) is 0. The number of halogens is 2. The van der Waals surface area contributed by atoms with Crippen molar-refractivity contribution >= 4 is 33.6 Å². The molecule has 6 heteroatoms. The van der Waals surface area contributed by atoms with Crippen LogP contribution in [0.5, 0.6) is 5.75 Å². The maximum absolute atomic E-state index is 10.1. The molecule has 0 aliphatic carbocycles. The Balaban J connectivity index is 2.40. The first-order valence-electron chi connectivity index (χ1n) is 4.14. The summed E-state index contributed by atoms with van der Waals surface area (Å²) < 4.78 is 6.13. The van der Waals surface area contributed by atoms with Crippen molar-refractivity contribution in [2.45, 2.75) is 0 Å². The lowest BCUT2D eigenvalue weighted by molar-refractivity contribution is 0.191. The van der Waals surface area contributed by atoms with Crippen LogP contribution in [-0.2, 0) is 0 Å². The highest BCUT2D eigenvalue weighted by Crippen LogP contribution is 2.27. The van der Waals surface area contributed by atoms with Crippen molar-refractivity contribution in [1.29, 1.82) is 0 Å². The molecule has 0 bridgehead atoms. The molecule has 1 rings (SSSR count). The minimum atomic E-state index is -1.07. The number of hydrogen-bond donors (Lipinski definition) is 2. The fraction of sp³-hybridized carbons (Fsp3) is 0.222. The molecule has 0 radical (unpaired) electrons. The van der Waals surface area contributed by atoms with Crippen molar-refractivity contribution < 1.29 is 14.6 Å². The lowest BCUT2D eigenvalue weighted by atomic mass is 10.3. The van der Waals surface area contributed by atoms with Gasteiger partial charge in [-0.1, -0.05) is 27.5 Å². The molecule has 1 aromatic rings. The summed E-state index contributed by atoms with van der Waals surface area (Å²) in [5.74, 6) is 0.534. The van der Waals surface area contributed by atoms with Crippen LogP contribution in [0.25, 0.3) is 0 Å². The molecular formula is C9H9BrClNO3. The Morgan fingerprint density at radius 3 is 2.93 bits per heavy atom. The molecule has 2 N–H and O–H groups in total. The first-order chi connectivity index (χ1) is 7.09. The van der Waals surface area contributed by atoms with Gasteiger partial charge in [0.25, 0.3) is 0 Å². The van der Waals surface area contributed by atoms with Crippen LogP contribution in [0.15, 0.2) is 22.7 Å². The lowest BCUT2D eigenvalue weighted by Gasteiger charge is -2.07. The van der Waals surface area contributed by atoms with Crippen LogP contribution in [0.4, 0.5) is 4.79 Å². The third kappa shape index (κ3) is 4.40. The van der Waals surface area contributed by atoms with Crippen molar-refractivity contribution in [3.63, 3.8) is 0 Å². The van der Waals surface area contributed by atoms with Gasteiger partial charge >= 0.3 is 6.09 Å². The van der Waals surface area contributed by atoms with Gasteiger partial charge in [0.05, 0.1) is 11.6 Å². The van der Waals surface area contributed by atoms with Crippen LogP contribution < -0.4 is 10.1 Å². The number of rotatable bonds is 4. The molecule has 0 aliphatic heterocycles. The molecule has 15 heavy (non-hydrogen) atoms. The molecule has 1 amide bonds. The molecule has 0 fully saturated rings. The van der Waals surface area contributed by atoms with Gasteiger partial charge in [0.2, 0.25) is 0 Å². The van der Waals surface area contributed by atoms with Crippen LogP contribution in [-0.4, -0.2) is 24.4 Å². The molecule has 82 valence electrons. The summed E-state index contributed by atoms with van der Waals surface area (Å²) in [6.45, 7) is 0.468. The van der Waals surface area contributed by atoms with E-state index in [9.17, 15) is 4.79 Å². The Kier molecular flexibility index (Phi) is 4.71. The van der Waals surface area contributed by atoms with Crippen molar-refractivity contribution in [2.75, 3.05) is 13.2 Å². The Labute approximate surface area is 100 Å². The molecular weight excluding hydrogens is 285 g/mol.